The minimum absolute atomic E-state index is 0.981. The van der Waals surface area contributed by atoms with E-state index in [1.165, 1.54) is 51.4 Å². The van der Waals surface area contributed by atoms with Gasteiger partial charge in [-0.15, -0.1) is 0 Å². The number of hydrogen-bond acceptors (Lipinski definition) is 0. The molecule has 0 heteroatoms. The number of rotatable bonds is 6. The van der Waals surface area contributed by atoms with Gasteiger partial charge in [0.2, 0.25) is 0 Å². The van der Waals surface area contributed by atoms with E-state index in [1.807, 2.05) is 0 Å². The molecule has 0 heterocycles. The first-order chi connectivity index (χ1) is 9.67. The van der Waals surface area contributed by atoms with E-state index in [1.54, 1.807) is 12.8 Å². The second-order valence-corrected chi connectivity index (χ2v) is 8.09. The second-order valence-electron chi connectivity index (χ2n) is 8.09. The van der Waals surface area contributed by atoms with Crippen LogP contribution in [0.5, 0.6) is 0 Å². The van der Waals surface area contributed by atoms with Crippen molar-refractivity contribution in [3.8, 4) is 0 Å². The minimum atomic E-state index is 0.981. The minimum Gasteiger partial charge on any atom is -0.0654 e. The van der Waals surface area contributed by atoms with Crippen LogP contribution in [0.15, 0.2) is 0 Å². The average Bonchev–Trinajstić information content (AvgIpc) is 2.47. The molecule has 2 aliphatic rings. The van der Waals surface area contributed by atoms with Crippen molar-refractivity contribution >= 4 is 0 Å². The maximum Gasteiger partial charge on any atom is -0.0355 e. The van der Waals surface area contributed by atoms with Gasteiger partial charge >= 0.3 is 0 Å². The Bertz CT molecular complexity index is 269. The van der Waals surface area contributed by atoms with Gasteiger partial charge in [-0.25, -0.2) is 0 Å². The van der Waals surface area contributed by atoms with Gasteiger partial charge in [0.05, 0.1) is 0 Å². The van der Waals surface area contributed by atoms with E-state index in [-0.39, 0.29) is 0 Å². The van der Waals surface area contributed by atoms with E-state index < -0.39 is 0 Å². The van der Waals surface area contributed by atoms with Crippen molar-refractivity contribution in [2.24, 2.45) is 35.5 Å². The fraction of sp³-hybridized carbons (Fsp3) is 1.00. The van der Waals surface area contributed by atoms with Gasteiger partial charge in [0.15, 0.2) is 0 Å². The number of fused-ring (bicyclic) bond motifs is 1. The highest BCUT2D eigenvalue weighted by molar-refractivity contribution is 4.91. The van der Waals surface area contributed by atoms with Gasteiger partial charge in [-0.3, -0.25) is 0 Å². The molecule has 2 rings (SSSR count). The van der Waals surface area contributed by atoms with Gasteiger partial charge in [0.1, 0.15) is 0 Å². The SMILES string of the molecule is CCCCCCC1CC2CCC(C)C(C)C2CC1CC. The molecule has 0 aliphatic heterocycles. The van der Waals surface area contributed by atoms with Crippen molar-refractivity contribution < 1.29 is 0 Å². The van der Waals surface area contributed by atoms with Crippen molar-refractivity contribution in [1.29, 1.82) is 0 Å². The summed E-state index contributed by atoms with van der Waals surface area (Å²) < 4.78 is 0. The maximum absolute atomic E-state index is 2.55. The van der Waals surface area contributed by atoms with Gasteiger partial charge in [-0.2, -0.15) is 0 Å². The molecule has 6 unspecified atom stereocenters. The molecule has 0 nitrogen and oxygen atoms in total. The molecule has 0 aromatic carbocycles. The molecule has 6 atom stereocenters. The Morgan fingerprint density at radius 2 is 1.65 bits per heavy atom. The summed E-state index contributed by atoms with van der Waals surface area (Å²) in [5, 5.41) is 0. The second kappa shape index (κ2) is 7.85. The van der Waals surface area contributed by atoms with Gasteiger partial charge in [0, 0.05) is 0 Å². The largest absolute Gasteiger partial charge is 0.0654 e. The first-order valence-electron chi connectivity index (χ1n) is 9.67. The van der Waals surface area contributed by atoms with Crippen molar-refractivity contribution in [3.63, 3.8) is 0 Å². The molecule has 0 saturated heterocycles. The topological polar surface area (TPSA) is 0 Å². The molecular weight excluding hydrogens is 240 g/mol. The zero-order valence-corrected chi connectivity index (χ0v) is 14.5. The molecule has 0 radical (unpaired) electrons. The zero-order valence-electron chi connectivity index (χ0n) is 14.5. The lowest BCUT2D eigenvalue weighted by molar-refractivity contribution is 0.0126. The molecule has 0 aromatic heterocycles. The summed E-state index contributed by atoms with van der Waals surface area (Å²) in [5.41, 5.74) is 0. The molecule has 20 heavy (non-hydrogen) atoms. The third-order valence-corrected chi connectivity index (χ3v) is 6.97. The van der Waals surface area contributed by atoms with Crippen LogP contribution in [0.2, 0.25) is 0 Å². The Hall–Kier alpha value is 0. The molecule has 2 aliphatic carbocycles. The zero-order chi connectivity index (χ0) is 14.5. The van der Waals surface area contributed by atoms with Crippen LogP contribution in [-0.4, -0.2) is 0 Å². The lowest BCUT2D eigenvalue weighted by atomic mass is 9.57. The third kappa shape index (κ3) is 3.80. The molecule has 118 valence electrons. The van der Waals surface area contributed by atoms with Crippen LogP contribution in [0.4, 0.5) is 0 Å². The fourth-order valence-corrected chi connectivity index (χ4v) is 5.32. The summed E-state index contributed by atoms with van der Waals surface area (Å²) in [6.45, 7) is 9.82. The van der Waals surface area contributed by atoms with Gasteiger partial charge < -0.3 is 0 Å². The summed E-state index contributed by atoms with van der Waals surface area (Å²) in [6, 6.07) is 0. The quantitative estimate of drug-likeness (QED) is 0.475. The Kier molecular flexibility index (Phi) is 6.43. The van der Waals surface area contributed by atoms with Crippen LogP contribution >= 0.6 is 0 Å². The molecule has 2 fully saturated rings. The van der Waals surface area contributed by atoms with Crippen LogP contribution in [0, 0.1) is 35.5 Å². The predicted molar refractivity (Wildman–Crippen MR) is 89.8 cm³/mol. The van der Waals surface area contributed by atoms with Crippen molar-refractivity contribution in [2.75, 3.05) is 0 Å². The summed E-state index contributed by atoms with van der Waals surface area (Å²) >= 11 is 0. The van der Waals surface area contributed by atoms with E-state index in [2.05, 4.69) is 27.7 Å². The lowest BCUT2D eigenvalue weighted by Crippen LogP contribution is -2.40. The molecule has 0 aromatic rings. The molecule has 0 spiro atoms. The van der Waals surface area contributed by atoms with Crippen molar-refractivity contribution in [2.45, 2.75) is 91.9 Å². The summed E-state index contributed by atoms with van der Waals surface area (Å²) in [5.74, 6) is 6.24. The molecule has 0 amide bonds. The predicted octanol–water partition coefficient (Wildman–Crippen LogP) is 6.69. The third-order valence-electron chi connectivity index (χ3n) is 6.97. The molecule has 2 saturated carbocycles. The van der Waals surface area contributed by atoms with Gasteiger partial charge in [-0.1, -0.05) is 72.6 Å². The molecule has 0 bridgehead atoms. The van der Waals surface area contributed by atoms with E-state index in [0.29, 0.717) is 0 Å². The Morgan fingerprint density at radius 3 is 2.35 bits per heavy atom. The Morgan fingerprint density at radius 1 is 0.850 bits per heavy atom. The Labute approximate surface area is 128 Å². The van der Waals surface area contributed by atoms with E-state index in [9.17, 15) is 0 Å². The highest BCUT2D eigenvalue weighted by Gasteiger charge is 2.41. The van der Waals surface area contributed by atoms with Crippen molar-refractivity contribution in [1.82, 2.24) is 0 Å². The molecule has 0 N–H and O–H groups in total. The maximum atomic E-state index is 2.55. The Balaban J connectivity index is 1.88. The monoisotopic (exact) mass is 278 g/mol. The lowest BCUT2D eigenvalue weighted by Gasteiger charge is -2.49. The highest BCUT2D eigenvalue weighted by Crippen LogP contribution is 2.51. The van der Waals surface area contributed by atoms with Crippen LogP contribution in [0.1, 0.15) is 91.9 Å². The van der Waals surface area contributed by atoms with E-state index >= 15 is 0 Å². The summed E-state index contributed by atoms with van der Waals surface area (Å²) in [4.78, 5) is 0. The van der Waals surface area contributed by atoms with Crippen LogP contribution < -0.4 is 0 Å². The first kappa shape index (κ1) is 16.4. The standard InChI is InChI=1S/C20H38/c1-5-7-8-9-10-18-13-19-12-11-15(3)16(4)20(19)14-17(18)6-2/h15-20H,5-14H2,1-4H3. The average molecular weight is 279 g/mol. The van der Waals surface area contributed by atoms with Crippen LogP contribution in [-0.2, 0) is 0 Å². The highest BCUT2D eigenvalue weighted by atomic mass is 14.5. The summed E-state index contributed by atoms with van der Waals surface area (Å²) in [6.07, 6.45) is 14.9. The van der Waals surface area contributed by atoms with E-state index in [4.69, 9.17) is 0 Å². The molecular formula is C20H38. The fourth-order valence-electron chi connectivity index (χ4n) is 5.32. The normalized spacial score (nSPS) is 41.4. The van der Waals surface area contributed by atoms with Crippen LogP contribution in [0.3, 0.4) is 0 Å². The number of hydrogen-bond donors (Lipinski definition) is 0. The van der Waals surface area contributed by atoms with Crippen LogP contribution in [0.25, 0.3) is 0 Å². The summed E-state index contributed by atoms with van der Waals surface area (Å²) in [7, 11) is 0. The van der Waals surface area contributed by atoms with Crippen molar-refractivity contribution in [3.05, 3.63) is 0 Å². The smallest absolute Gasteiger partial charge is 0.0355 e. The first-order valence-corrected chi connectivity index (χ1v) is 9.67. The number of unbranched alkanes of at least 4 members (excludes halogenated alkanes) is 3. The van der Waals surface area contributed by atoms with Gasteiger partial charge in [0.25, 0.3) is 0 Å². The van der Waals surface area contributed by atoms with E-state index in [0.717, 1.165) is 35.5 Å². The van der Waals surface area contributed by atoms with Gasteiger partial charge in [-0.05, 0) is 54.8 Å².